The standard InChI is InChI=1S/C15H16BF/c1-11-9-13(7-8-15(11)16(2)3)12-5-4-6-14(17)10-12/h4-10H,1-3H3. The van der Waals surface area contributed by atoms with Crippen molar-refractivity contribution >= 4 is 12.2 Å². The molecule has 0 saturated carbocycles. The first-order chi connectivity index (χ1) is 8.08. The van der Waals surface area contributed by atoms with Gasteiger partial charge >= 0.3 is 0 Å². The molecule has 0 heterocycles. The molecule has 0 nitrogen and oxygen atoms in total. The van der Waals surface area contributed by atoms with Crippen molar-refractivity contribution in [2.45, 2.75) is 20.6 Å². The van der Waals surface area contributed by atoms with E-state index in [9.17, 15) is 4.39 Å². The Morgan fingerprint density at radius 2 is 1.65 bits per heavy atom. The summed E-state index contributed by atoms with van der Waals surface area (Å²) >= 11 is 0. The van der Waals surface area contributed by atoms with E-state index in [2.05, 4.69) is 38.8 Å². The molecule has 0 spiro atoms. The van der Waals surface area contributed by atoms with Gasteiger partial charge in [-0.15, -0.1) is 0 Å². The van der Waals surface area contributed by atoms with Crippen molar-refractivity contribution in [2.75, 3.05) is 0 Å². The lowest BCUT2D eigenvalue weighted by Gasteiger charge is -2.10. The highest BCUT2D eigenvalue weighted by molar-refractivity contribution is 6.71. The number of benzene rings is 2. The Kier molecular flexibility index (Phi) is 3.32. The molecule has 0 aliphatic carbocycles. The largest absolute Gasteiger partial charge is 0.207 e. The summed E-state index contributed by atoms with van der Waals surface area (Å²) in [7, 11) is 0. The highest BCUT2D eigenvalue weighted by Gasteiger charge is 2.07. The average Bonchev–Trinajstić information content (AvgIpc) is 2.28. The third kappa shape index (κ3) is 2.58. The molecule has 0 saturated heterocycles. The Bertz CT molecular complexity index is 532. The first-order valence-corrected chi connectivity index (χ1v) is 5.94. The lowest BCUT2D eigenvalue weighted by Crippen LogP contribution is -2.25. The van der Waals surface area contributed by atoms with E-state index in [-0.39, 0.29) is 5.82 Å². The van der Waals surface area contributed by atoms with Crippen LogP contribution in [0, 0.1) is 12.7 Å². The third-order valence-corrected chi connectivity index (χ3v) is 3.05. The van der Waals surface area contributed by atoms with Crippen LogP contribution in [0.15, 0.2) is 42.5 Å². The van der Waals surface area contributed by atoms with Gasteiger partial charge in [0.2, 0.25) is 0 Å². The Hall–Kier alpha value is -1.57. The number of halogens is 1. The molecule has 0 aromatic heterocycles. The molecule has 2 aromatic rings. The second kappa shape index (κ2) is 4.74. The molecule has 2 aromatic carbocycles. The van der Waals surface area contributed by atoms with E-state index in [4.69, 9.17) is 0 Å². The molecule has 0 fully saturated rings. The van der Waals surface area contributed by atoms with Gasteiger partial charge < -0.3 is 0 Å². The molecule has 0 unspecified atom stereocenters. The van der Waals surface area contributed by atoms with Crippen molar-refractivity contribution < 1.29 is 4.39 Å². The van der Waals surface area contributed by atoms with Gasteiger partial charge in [0.05, 0.1) is 0 Å². The topological polar surface area (TPSA) is 0 Å². The molecule has 0 bridgehead atoms. The fourth-order valence-electron chi connectivity index (χ4n) is 2.17. The smallest absolute Gasteiger partial charge is 0.169 e. The van der Waals surface area contributed by atoms with Crippen LogP contribution in [0.3, 0.4) is 0 Å². The molecule has 2 rings (SSSR count). The number of hydrogen-bond donors (Lipinski definition) is 0. The van der Waals surface area contributed by atoms with Crippen LogP contribution < -0.4 is 5.46 Å². The molecule has 0 N–H and O–H groups in total. The van der Waals surface area contributed by atoms with Crippen molar-refractivity contribution in [3.05, 3.63) is 53.8 Å². The minimum absolute atomic E-state index is 0.187. The van der Waals surface area contributed by atoms with Crippen LogP contribution in [0.1, 0.15) is 5.56 Å². The monoisotopic (exact) mass is 226 g/mol. The summed E-state index contributed by atoms with van der Waals surface area (Å²) in [6.07, 6.45) is 0. The minimum atomic E-state index is -0.187. The molecular weight excluding hydrogens is 210 g/mol. The van der Waals surface area contributed by atoms with E-state index < -0.39 is 0 Å². The normalized spacial score (nSPS) is 10.4. The summed E-state index contributed by atoms with van der Waals surface area (Å²) in [4.78, 5) is 0. The zero-order valence-electron chi connectivity index (χ0n) is 10.5. The van der Waals surface area contributed by atoms with Crippen molar-refractivity contribution in [1.82, 2.24) is 0 Å². The summed E-state index contributed by atoms with van der Waals surface area (Å²) < 4.78 is 13.2. The molecule has 0 amide bonds. The van der Waals surface area contributed by atoms with Crippen LogP contribution in [0.5, 0.6) is 0 Å². The lowest BCUT2D eigenvalue weighted by molar-refractivity contribution is 0.628. The quantitative estimate of drug-likeness (QED) is 0.684. The van der Waals surface area contributed by atoms with E-state index >= 15 is 0 Å². The highest BCUT2D eigenvalue weighted by atomic mass is 19.1. The van der Waals surface area contributed by atoms with Gasteiger partial charge in [0, 0.05) is 0 Å². The van der Waals surface area contributed by atoms with Crippen LogP contribution in [0.2, 0.25) is 13.6 Å². The molecule has 0 aliphatic heterocycles. The predicted octanol–water partition coefficient (Wildman–Crippen LogP) is 3.76. The van der Waals surface area contributed by atoms with Gasteiger partial charge in [-0.05, 0) is 30.2 Å². The molecule has 0 aliphatic rings. The minimum Gasteiger partial charge on any atom is -0.207 e. The third-order valence-electron chi connectivity index (χ3n) is 3.05. The van der Waals surface area contributed by atoms with Crippen LogP contribution in [0.4, 0.5) is 4.39 Å². The second-order valence-corrected chi connectivity index (χ2v) is 4.74. The van der Waals surface area contributed by atoms with Crippen LogP contribution >= 0.6 is 0 Å². The van der Waals surface area contributed by atoms with Gasteiger partial charge in [0.25, 0.3) is 0 Å². The van der Waals surface area contributed by atoms with Gasteiger partial charge in [-0.3, -0.25) is 0 Å². The van der Waals surface area contributed by atoms with Gasteiger partial charge in [0.15, 0.2) is 6.71 Å². The Labute approximate surface area is 103 Å². The van der Waals surface area contributed by atoms with E-state index in [0.29, 0.717) is 6.71 Å². The summed E-state index contributed by atoms with van der Waals surface area (Å²) in [6, 6.07) is 13.1. The fourth-order valence-corrected chi connectivity index (χ4v) is 2.17. The summed E-state index contributed by atoms with van der Waals surface area (Å²) in [5, 5.41) is 0. The lowest BCUT2D eigenvalue weighted by atomic mass is 9.48. The maximum absolute atomic E-state index is 13.2. The molecule has 2 heteroatoms. The maximum Gasteiger partial charge on any atom is 0.169 e. The SMILES string of the molecule is CB(C)c1ccc(-c2cccc(F)c2)cc1C. The van der Waals surface area contributed by atoms with Gasteiger partial charge in [-0.25, -0.2) is 4.39 Å². The molecule has 0 radical (unpaired) electrons. The van der Waals surface area contributed by atoms with Gasteiger partial charge in [-0.1, -0.05) is 55.0 Å². The van der Waals surface area contributed by atoms with Crippen molar-refractivity contribution in [2.24, 2.45) is 0 Å². The summed E-state index contributed by atoms with van der Waals surface area (Å²) in [5.41, 5.74) is 4.63. The number of aryl methyl sites for hydroxylation is 1. The van der Waals surface area contributed by atoms with E-state index in [1.165, 1.54) is 17.1 Å². The van der Waals surface area contributed by atoms with Gasteiger partial charge in [0.1, 0.15) is 5.82 Å². The molecular formula is C15H16BF. The van der Waals surface area contributed by atoms with Crippen molar-refractivity contribution in [1.29, 1.82) is 0 Å². The summed E-state index contributed by atoms with van der Waals surface area (Å²) in [6.45, 7) is 7.00. The van der Waals surface area contributed by atoms with E-state index in [1.54, 1.807) is 12.1 Å². The maximum atomic E-state index is 13.2. The Morgan fingerprint density at radius 1 is 0.941 bits per heavy atom. The first kappa shape index (κ1) is 11.9. The van der Waals surface area contributed by atoms with Crippen LogP contribution in [-0.4, -0.2) is 6.71 Å². The fraction of sp³-hybridized carbons (Fsp3) is 0.200. The van der Waals surface area contributed by atoms with Crippen molar-refractivity contribution in [3.63, 3.8) is 0 Å². The zero-order valence-corrected chi connectivity index (χ0v) is 10.5. The predicted molar refractivity (Wildman–Crippen MR) is 73.7 cm³/mol. The van der Waals surface area contributed by atoms with Crippen LogP contribution in [-0.2, 0) is 0 Å². The average molecular weight is 226 g/mol. The van der Waals surface area contributed by atoms with Gasteiger partial charge in [-0.2, -0.15) is 0 Å². The zero-order chi connectivity index (χ0) is 12.4. The van der Waals surface area contributed by atoms with Crippen molar-refractivity contribution in [3.8, 4) is 11.1 Å². The van der Waals surface area contributed by atoms with Crippen LogP contribution in [0.25, 0.3) is 11.1 Å². The number of hydrogen-bond acceptors (Lipinski definition) is 0. The summed E-state index contributed by atoms with van der Waals surface area (Å²) in [5.74, 6) is -0.187. The highest BCUT2D eigenvalue weighted by Crippen LogP contribution is 2.20. The van der Waals surface area contributed by atoms with E-state index in [0.717, 1.165) is 11.1 Å². The second-order valence-electron chi connectivity index (χ2n) is 4.74. The number of rotatable bonds is 2. The molecule has 17 heavy (non-hydrogen) atoms. The molecule has 0 atom stereocenters. The van der Waals surface area contributed by atoms with E-state index in [1.807, 2.05) is 6.07 Å². The Balaban J connectivity index is 2.44. The molecule has 86 valence electrons. The first-order valence-electron chi connectivity index (χ1n) is 5.94. The Morgan fingerprint density at radius 3 is 2.24 bits per heavy atom.